The Morgan fingerprint density at radius 1 is 1.43 bits per heavy atom. The van der Waals surface area contributed by atoms with Gasteiger partial charge in [0.05, 0.1) is 0 Å². The van der Waals surface area contributed by atoms with Crippen LogP contribution >= 0.6 is 0 Å². The van der Waals surface area contributed by atoms with Crippen LogP contribution in [0.4, 0.5) is 0 Å². The third-order valence-electron chi connectivity index (χ3n) is 3.57. The molecule has 2 aromatic rings. The van der Waals surface area contributed by atoms with Gasteiger partial charge < -0.3 is 15.4 Å². The molecule has 0 aliphatic heterocycles. The standard InChI is InChI=1S/C16H23N3O2/c1-16(2,3)7-4-13(15(20)21)19-10-11-5-8-17-14-12(11)6-9-18-14/h5-6,8-9,13,19H,4,7,10H2,1-3H3,(H,17,18)(H,20,21)/t13-/m0/s1. The highest BCUT2D eigenvalue weighted by Crippen LogP contribution is 2.22. The zero-order chi connectivity index (χ0) is 15.5. The largest absolute Gasteiger partial charge is 0.480 e. The van der Waals surface area contributed by atoms with Crippen molar-refractivity contribution < 1.29 is 9.90 Å². The molecule has 0 aromatic carbocycles. The minimum atomic E-state index is -0.793. The number of hydrogen-bond donors (Lipinski definition) is 3. The molecule has 21 heavy (non-hydrogen) atoms. The monoisotopic (exact) mass is 289 g/mol. The van der Waals surface area contributed by atoms with Crippen molar-refractivity contribution in [3.05, 3.63) is 30.1 Å². The van der Waals surface area contributed by atoms with E-state index >= 15 is 0 Å². The summed E-state index contributed by atoms with van der Waals surface area (Å²) in [4.78, 5) is 18.7. The van der Waals surface area contributed by atoms with Crippen molar-refractivity contribution in [2.75, 3.05) is 0 Å². The van der Waals surface area contributed by atoms with E-state index in [9.17, 15) is 9.90 Å². The topological polar surface area (TPSA) is 78.0 Å². The molecule has 0 saturated heterocycles. The summed E-state index contributed by atoms with van der Waals surface area (Å²) in [6.07, 6.45) is 5.07. The maximum Gasteiger partial charge on any atom is 0.320 e. The maximum atomic E-state index is 11.4. The molecule has 0 aliphatic carbocycles. The molecule has 5 nitrogen and oxygen atoms in total. The van der Waals surface area contributed by atoms with Gasteiger partial charge in [0.2, 0.25) is 0 Å². The number of aliphatic carboxylic acids is 1. The second-order valence-electron chi connectivity index (χ2n) is 6.58. The number of pyridine rings is 1. The minimum absolute atomic E-state index is 0.139. The number of rotatable bonds is 6. The Hall–Kier alpha value is -1.88. The molecule has 0 aliphatic rings. The SMILES string of the molecule is CC(C)(C)CC[C@H](NCc1ccnc2[nH]ccc12)C(=O)O. The van der Waals surface area contributed by atoms with E-state index in [1.165, 1.54) is 0 Å². The van der Waals surface area contributed by atoms with Gasteiger partial charge in [0.1, 0.15) is 11.7 Å². The lowest BCUT2D eigenvalue weighted by Gasteiger charge is -2.21. The number of nitrogens with one attached hydrogen (secondary N) is 2. The molecule has 0 radical (unpaired) electrons. The van der Waals surface area contributed by atoms with Gasteiger partial charge in [-0.2, -0.15) is 0 Å². The molecule has 114 valence electrons. The lowest BCUT2D eigenvalue weighted by molar-refractivity contribution is -0.139. The van der Waals surface area contributed by atoms with Gasteiger partial charge in [-0.05, 0) is 36.0 Å². The molecule has 0 amide bonds. The first kappa shape index (κ1) is 15.5. The summed E-state index contributed by atoms with van der Waals surface area (Å²) in [5, 5.41) is 13.5. The molecule has 3 N–H and O–H groups in total. The van der Waals surface area contributed by atoms with Gasteiger partial charge in [-0.25, -0.2) is 4.98 Å². The van der Waals surface area contributed by atoms with Gasteiger partial charge in [0.15, 0.2) is 0 Å². The van der Waals surface area contributed by atoms with E-state index in [0.717, 1.165) is 23.0 Å². The highest BCUT2D eigenvalue weighted by molar-refractivity contribution is 5.79. The number of carbonyl (C=O) groups is 1. The molecule has 0 saturated carbocycles. The number of aromatic nitrogens is 2. The van der Waals surface area contributed by atoms with Gasteiger partial charge >= 0.3 is 5.97 Å². The van der Waals surface area contributed by atoms with Gasteiger partial charge in [-0.15, -0.1) is 0 Å². The molecule has 2 heterocycles. The van der Waals surface area contributed by atoms with Crippen molar-refractivity contribution in [2.24, 2.45) is 5.41 Å². The molecule has 0 bridgehead atoms. The molecule has 0 unspecified atom stereocenters. The van der Waals surface area contributed by atoms with Crippen molar-refractivity contribution in [1.82, 2.24) is 15.3 Å². The fourth-order valence-electron chi connectivity index (χ4n) is 2.30. The summed E-state index contributed by atoms with van der Waals surface area (Å²) in [7, 11) is 0. The Morgan fingerprint density at radius 3 is 2.86 bits per heavy atom. The van der Waals surface area contributed by atoms with Crippen molar-refractivity contribution in [1.29, 1.82) is 0 Å². The lowest BCUT2D eigenvalue weighted by atomic mass is 9.88. The zero-order valence-electron chi connectivity index (χ0n) is 12.8. The molecule has 1 atom stereocenters. The van der Waals surface area contributed by atoms with Crippen LogP contribution in [0.3, 0.4) is 0 Å². The van der Waals surface area contributed by atoms with E-state index in [1.807, 2.05) is 18.3 Å². The summed E-state index contributed by atoms with van der Waals surface area (Å²) < 4.78 is 0. The van der Waals surface area contributed by atoms with Crippen LogP contribution in [0.15, 0.2) is 24.5 Å². The number of aromatic amines is 1. The molecule has 2 aromatic heterocycles. The van der Waals surface area contributed by atoms with Crippen molar-refractivity contribution >= 4 is 17.0 Å². The summed E-state index contributed by atoms with van der Waals surface area (Å²) in [6.45, 7) is 6.90. The number of hydrogen-bond acceptors (Lipinski definition) is 3. The maximum absolute atomic E-state index is 11.4. The van der Waals surface area contributed by atoms with Gasteiger partial charge in [0, 0.05) is 24.3 Å². The van der Waals surface area contributed by atoms with E-state index in [1.54, 1.807) is 6.20 Å². The van der Waals surface area contributed by atoms with E-state index in [-0.39, 0.29) is 5.41 Å². The molecule has 2 rings (SSSR count). The number of H-pyrrole nitrogens is 1. The normalized spacial score (nSPS) is 13.5. The van der Waals surface area contributed by atoms with Crippen LogP contribution in [-0.2, 0) is 11.3 Å². The Balaban J connectivity index is 2.01. The first-order valence-corrected chi connectivity index (χ1v) is 7.24. The fourth-order valence-corrected chi connectivity index (χ4v) is 2.30. The second kappa shape index (κ2) is 6.26. The first-order chi connectivity index (χ1) is 9.87. The molecular formula is C16H23N3O2. The highest BCUT2D eigenvalue weighted by atomic mass is 16.4. The van der Waals surface area contributed by atoms with Crippen molar-refractivity contribution in [3.63, 3.8) is 0 Å². The molecule has 0 spiro atoms. The predicted molar refractivity (Wildman–Crippen MR) is 83.0 cm³/mol. The Labute approximate surface area is 124 Å². The number of nitrogens with zero attached hydrogens (tertiary/aromatic N) is 1. The lowest BCUT2D eigenvalue weighted by Crippen LogP contribution is -2.37. The van der Waals surface area contributed by atoms with E-state index in [2.05, 4.69) is 36.1 Å². The molecular weight excluding hydrogens is 266 g/mol. The minimum Gasteiger partial charge on any atom is -0.480 e. The van der Waals surface area contributed by atoms with Gasteiger partial charge in [-0.3, -0.25) is 4.79 Å². The quantitative estimate of drug-likeness (QED) is 0.764. The molecule has 5 heteroatoms. The fraction of sp³-hybridized carbons (Fsp3) is 0.500. The Kier molecular flexibility index (Phi) is 4.63. The van der Waals surface area contributed by atoms with Crippen LogP contribution < -0.4 is 5.32 Å². The van der Waals surface area contributed by atoms with Crippen LogP contribution in [0.1, 0.15) is 39.2 Å². The van der Waals surface area contributed by atoms with Crippen molar-refractivity contribution in [2.45, 2.75) is 46.2 Å². The summed E-state index contributed by atoms with van der Waals surface area (Å²) >= 11 is 0. The number of carboxylic acids is 1. The number of fused-ring (bicyclic) bond motifs is 1. The average molecular weight is 289 g/mol. The van der Waals surface area contributed by atoms with Crippen LogP contribution in [-0.4, -0.2) is 27.1 Å². The van der Waals surface area contributed by atoms with Crippen LogP contribution in [0.2, 0.25) is 0 Å². The van der Waals surface area contributed by atoms with Crippen LogP contribution in [0.25, 0.3) is 11.0 Å². The van der Waals surface area contributed by atoms with Gasteiger partial charge in [0.25, 0.3) is 0 Å². The summed E-state index contributed by atoms with van der Waals surface area (Å²) in [5.41, 5.74) is 2.03. The van der Waals surface area contributed by atoms with E-state index in [4.69, 9.17) is 0 Å². The Morgan fingerprint density at radius 2 is 2.19 bits per heavy atom. The van der Waals surface area contributed by atoms with Gasteiger partial charge in [-0.1, -0.05) is 20.8 Å². The average Bonchev–Trinajstić information content (AvgIpc) is 2.85. The molecule has 0 fully saturated rings. The van der Waals surface area contributed by atoms with Crippen LogP contribution in [0.5, 0.6) is 0 Å². The van der Waals surface area contributed by atoms with Crippen molar-refractivity contribution in [3.8, 4) is 0 Å². The third-order valence-corrected chi connectivity index (χ3v) is 3.57. The summed E-state index contributed by atoms with van der Waals surface area (Å²) in [6, 6.07) is 3.36. The van der Waals surface area contributed by atoms with E-state index in [0.29, 0.717) is 13.0 Å². The second-order valence-corrected chi connectivity index (χ2v) is 6.58. The van der Waals surface area contributed by atoms with E-state index < -0.39 is 12.0 Å². The smallest absolute Gasteiger partial charge is 0.320 e. The zero-order valence-corrected chi connectivity index (χ0v) is 12.8. The Bertz CT molecular complexity index is 613. The predicted octanol–water partition coefficient (Wildman–Crippen LogP) is 2.93. The third kappa shape index (κ3) is 4.29. The first-order valence-electron chi connectivity index (χ1n) is 7.24. The number of carboxylic acid groups (broad SMARTS) is 1. The highest BCUT2D eigenvalue weighted by Gasteiger charge is 2.20. The van der Waals surface area contributed by atoms with Crippen LogP contribution in [0, 0.1) is 5.41 Å². The summed E-state index contributed by atoms with van der Waals surface area (Å²) in [5.74, 6) is -0.793.